The fraction of sp³-hybridized carbons (Fsp3) is 0.381. The van der Waals surface area contributed by atoms with E-state index in [9.17, 15) is 4.79 Å². The van der Waals surface area contributed by atoms with E-state index in [0.29, 0.717) is 23.7 Å². The van der Waals surface area contributed by atoms with Gasteiger partial charge in [-0.1, -0.05) is 29.8 Å². The third kappa shape index (κ3) is 4.86. The summed E-state index contributed by atoms with van der Waals surface area (Å²) in [5.41, 5.74) is 3.06. The Kier molecular flexibility index (Phi) is 6.45. The van der Waals surface area contributed by atoms with Crippen LogP contribution in [0.25, 0.3) is 0 Å². The van der Waals surface area contributed by atoms with Crippen molar-refractivity contribution in [1.82, 2.24) is 4.90 Å². The lowest BCUT2D eigenvalue weighted by molar-refractivity contribution is -0.131. The summed E-state index contributed by atoms with van der Waals surface area (Å²) in [6.07, 6.45) is 0.455. The van der Waals surface area contributed by atoms with Crippen LogP contribution >= 0.6 is 11.6 Å². The Hall–Kier alpha value is -2.40. The number of hydrogen-bond donors (Lipinski definition) is 1. The fourth-order valence-electron chi connectivity index (χ4n) is 3.29. The van der Waals surface area contributed by atoms with Crippen molar-refractivity contribution in [3.8, 4) is 5.75 Å². The van der Waals surface area contributed by atoms with Gasteiger partial charge in [0.15, 0.2) is 0 Å². The van der Waals surface area contributed by atoms with E-state index in [1.54, 1.807) is 13.2 Å². The first-order valence-corrected chi connectivity index (χ1v) is 9.62. The molecule has 1 fully saturated rings. The zero-order valence-corrected chi connectivity index (χ0v) is 16.6. The number of carbonyl (C=O) groups excluding carboxylic acids is 1. The minimum absolute atomic E-state index is 0.180. The van der Waals surface area contributed by atoms with Crippen LogP contribution in [0.1, 0.15) is 12.0 Å². The molecule has 0 atom stereocenters. The zero-order chi connectivity index (χ0) is 19.2. The lowest BCUT2D eigenvalue weighted by atomic mass is 10.2. The van der Waals surface area contributed by atoms with E-state index in [-0.39, 0.29) is 5.91 Å². The lowest BCUT2D eigenvalue weighted by Crippen LogP contribution is -2.49. The van der Waals surface area contributed by atoms with Gasteiger partial charge in [0.1, 0.15) is 5.75 Å². The van der Waals surface area contributed by atoms with Gasteiger partial charge in [-0.25, -0.2) is 0 Å². The summed E-state index contributed by atoms with van der Waals surface area (Å²) < 4.78 is 5.36. The molecule has 0 aromatic heterocycles. The van der Waals surface area contributed by atoms with E-state index >= 15 is 0 Å². The Morgan fingerprint density at radius 2 is 1.85 bits per heavy atom. The molecule has 1 aliphatic heterocycles. The molecule has 5 nitrogen and oxygen atoms in total. The number of anilines is 2. The highest BCUT2D eigenvalue weighted by molar-refractivity contribution is 6.31. The molecule has 1 N–H and O–H groups in total. The summed E-state index contributed by atoms with van der Waals surface area (Å²) in [6.45, 7) is 5.77. The average Bonchev–Trinajstić information content (AvgIpc) is 2.71. The molecule has 0 aliphatic carbocycles. The van der Waals surface area contributed by atoms with Gasteiger partial charge in [-0.15, -0.1) is 0 Å². The number of methoxy groups -OCH3 is 1. The maximum absolute atomic E-state index is 12.5. The van der Waals surface area contributed by atoms with Crippen LogP contribution in [0, 0.1) is 6.92 Å². The van der Waals surface area contributed by atoms with E-state index in [1.165, 1.54) is 5.69 Å². The molecule has 1 aliphatic rings. The molecule has 0 bridgehead atoms. The monoisotopic (exact) mass is 387 g/mol. The van der Waals surface area contributed by atoms with Crippen molar-refractivity contribution in [3.63, 3.8) is 0 Å². The fourth-order valence-corrected chi connectivity index (χ4v) is 3.44. The number of piperazine rings is 1. The van der Waals surface area contributed by atoms with Gasteiger partial charge in [-0.2, -0.15) is 0 Å². The van der Waals surface area contributed by atoms with Gasteiger partial charge in [-0.3, -0.25) is 4.79 Å². The van der Waals surface area contributed by atoms with Crippen LogP contribution in [0.2, 0.25) is 5.02 Å². The Labute approximate surface area is 165 Å². The van der Waals surface area contributed by atoms with E-state index in [0.717, 1.165) is 37.4 Å². The molecule has 1 heterocycles. The van der Waals surface area contributed by atoms with Crippen molar-refractivity contribution in [2.24, 2.45) is 0 Å². The molecule has 1 amide bonds. The van der Waals surface area contributed by atoms with Crippen LogP contribution in [0.3, 0.4) is 0 Å². The summed E-state index contributed by atoms with van der Waals surface area (Å²) in [4.78, 5) is 16.8. The Morgan fingerprint density at radius 1 is 1.15 bits per heavy atom. The number of hydrogen-bond acceptors (Lipinski definition) is 4. The predicted molar refractivity (Wildman–Crippen MR) is 111 cm³/mol. The third-order valence-corrected chi connectivity index (χ3v) is 5.30. The number of ether oxygens (including phenoxy) is 1. The van der Waals surface area contributed by atoms with E-state index in [2.05, 4.69) is 22.3 Å². The predicted octanol–water partition coefficient (Wildman–Crippen LogP) is 3.81. The normalized spacial score (nSPS) is 14.2. The second-order valence-electron chi connectivity index (χ2n) is 6.68. The second-order valence-corrected chi connectivity index (χ2v) is 7.09. The smallest absolute Gasteiger partial charge is 0.224 e. The average molecular weight is 388 g/mol. The van der Waals surface area contributed by atoms with Gasteiger partial charge in [-0.05, 0) is 30.7 Å². The molecule has 1 saturated heterocycles. The molecule has 0 unspecified atom stereocenters. The van der Waals surface area contributed by atoms with Gasteiger partial charge in [0, 0.05) is 55.9 Å². The van der Waals surface area contributed by atoms with Gasteiger partial charge >= 0.3 is 0 Å². The number of nitrogens with one attached hydrogen (secondary N) is 1. The number of rotatable bonds is 6. The Bertz CT molecular complexity index is 774. The first-order chi connectivity index (χ1) is 13.1. The Morgan fingerprint density at radius 3 is 2.52 bits per heavy atom. The van der Waals surface area contributed by atoms with Crippen LogP contribution in [0.4, 0.5) is 11.4 Å². The van der Waals surface area contributed by atoms with Crippen molar-refractivity contribution < 1.29 is 9.53 Å². The minimum Gasteiger partial charge on any atom is -0.495 e. The highest BCUT2D eigenvalue weighted by atomic mass is 35.5. The molecular weight excluding hydrogens is 362 g/mol. The number of para-hydroxylation sites is 1. The summed E-state index contributed by atoms with van der Waals surface area (Å²) in [5, 5.41) is 3.97. The van der Waals surface area contributed by atoms with E-state index in [1.807, 2.05) is 36.1 Å². The van der Waals surface area contributed by atoms with Crippen molar-refractivity contribution >= 4 is 28.9 Å². The number of carbonyl (C=O) groups is 1. The molecule has 0 radical (unpaired) electrons. The largest absolute Gasteiger partial charge is 0.495 e. The van der Waals surface area contributed by atoms with Crippen LogP contribution in [0.5, 0.6) is 5.75 Å². The number of amides is 1. The first kappa shape index (κ1) is 19.4. The SMILES string of the molecule is COc1cc(Cl)c(C)cc1NCCC(=O)N1CCN(c2ccccc2)CC1. The summed E-state index contributed by atoms with van der Waals surface area (Å²) in [5.74, 6) is 0.870. The van der Waals surface area contributed by atoms with Crippen molar-refractivity contribution in [3.05, 3.63) is 53.1 Å². The van der Waals surface area contributed by atoms with Gasteiger partial charge < -0.3 is 19.9 Å². The summed E-state index contributed by atoms with van der Waals surface area (Å²) in [7, 11) is 1.61. The molecule has 6 heteroatoms. The number of halogens is 1. The maximum atomic E-state index is 12.5. The van der Waals surface area contributed by atoms with Crippen LogP contribution < -0.4 is 15.0 Å². The van der Waals surface area contributed by atoms with Crippen molar-refractivity contribution in [2.45, 2.75) is 13.3 Å². The quantitative estimate of drug-likeness (QED) is 0.818. The van der Waals surface area contributed by atoms with E-state index < -0.39 is 0 Å². The highest BCUT2D eigenvalue weighted by Crippen LogP contribution is 2.30. The number of aryl methyl sites for hydroxylation is 1. The molecule has 3 rings (SSSR count). The third-order valence-electron chi connectivity index (χ3n) is 4.89. The van der Waals surface area contributed by atoms with Gasteiger partial charge in [0.05, 0.1) is 12.8 Å². The highest BCUT2D eigenvalue weighted by Gasteiger charge is 2.21. The molecule has 0 spiro atoms. The van der Waals surface area contributed by atoms with Gasteiger partial charge in [0.2, 0.25) is 5.91 Å². The zero-order valence-electron chi connectivity index (χ0n) is 15.9. The standard InChI is InChI=1S/C21H26ClN3O2/c1-16-14-19(20(27-2)15-18(16)22)23-9-8-21(26)25-12-10-24(11-13-25)17-6-4-3-5-7-17/h3-7,14-15,23H,8-13H2,1-2H3. The molecule has 144 valence electrons. The number of nitrogens with zero attached hydrogens (tertiary/aromatic N) is 2. The minimum atomic E-state index is 0.180. The van der Waals surface area contributed by atoms with Crippen LogP contribution in [0.15, 0.2) is 42.5 Å². The Balaban J connectivity index is 1.47. The summed E-state index contributed by atoms with van der Waals surface area (Å²) in [6, 6.07) is 14.1. The first-order valence-electron chi connectivity index (χ1n) is 9.24. The summed E-state index contributed by atoms with van der Waals surface area (Å²) >= 11 is 6.13. The molecule has 27 heavy (non-hydrogen) atoms. The maximum Gasteiger partial charge on any atom is 0.224 e. The number of benzene rings is 2. The lowest BCUT2D eigenvalue weighted by Gasteiger charge is -2.36. The van der Waals surface area contributed by atoms with Crippen molar-refractivity contribution in [1.29, 1.82) is 0 Å². The topological polar surface area (TPSA) is 44.8 Å². The second kappa shape index (κ2) is 9.00. The molecule has 2 aromatic carbocycles. The molecule has 2 aromatic rings. The van der Waals surface area contributed by atoms with E-state index in [4.69, 9.17) is 16.3 Å². The molecular formula is C21H26ClN3O2. The van der Waals surface area contributed by atoms with Crippen LogP contribution in [-0.2, 0) is 4.79 Å². The van der Waals surface area contributed by atoms with Crippen molar-refractivity contribution in [2.75, 3.05) is 50.1 Å². The van der Waals surface area contributed by atoms with Crippen LogP contribution in [-0.4, -0.2) is 50.6 Å². The van der Waals surface area contributed by atoms with Gasteiger partial charge in [0.25, 0.3) is 0 Å². The molecule has 0 saturated carbocycles.